The summed E-state index contributed by atoms with van der Waals surface area (Å²) in [4.78, 5) is 24.2. The van der Waals surface area contributed by atoms with Gasteiger partial charge < -0.3 is 29.4 Å². The first-order valence-electron chi connectivity index (χ1n) is 26.2. The van der Waals surface area contributed by atoms with E-state index in [-0.39, 0.29) is 68.6 Å². The van der Waals surface area contributed by atoms with E-state index in [1.165, 1.54) is 60.1 Å². The fourth-order valence-electron chi connectivity index (χ4n) is 11.0. The van der Waals surface area contributed by atoms with Crippen LogP contribution in [-0.2, 0) is 52.0 Å². The fraction of sp³-hybridized carbons (Fsp3) is 0.586. The number of hydrogen-bond acceptors (Lipinski definition) is 8. The van der Waals surface area contributed by atoms with Crippen LogP contribution in [0.3, 0.4) is 0 Å². The molecule has 2 aromatic rings. The Kier molecular flexibility index (Phi) is 19.0. The first-order valence-corrected chi connectivity index (χ1v) is 27.0. The number of nitrogens with one attached hydrogen (secondary N) is 2. The van der Waals surface area contributed by atoms with Gasteiger partial charge in [0.2, 0.25) is 0 Å². The number of carbonyl (C=O) groups excluding carboxylic acids is 2. The molecule has 0 spiro atoms. The number of hydrogen-bond donors (Lipinski definition) is 2. The summed E-state index contributed by atoms with van der Waals surface area (Å²) in [6.45, 7) is 19.3. The van der Waals surface area contributed by atoms with Crippen molar-refractivity contribution in [3.8, 4) is 12.1 Å². The summed E-state index contributed by atoms with van der Waals surface area (Å²) >= 11 is 3.36. The molecule has 396 valence electrons. The van der Waals surface area contributed by atoms with Crippen LogP contribution in [0, 0.1) is 34.3 Å². The van der Waals surface area contributed by atoms with Gasteiger partial charge in [-0.2, -0.15) is 10.5 Å². The van der Waals surface area contributed by atoms with E-state index in [4.69, 9.17) is 24.0 Å². The number of benzene rings is 2. The monoisotopic (exact) mass is 1160 g/mol. The van der Waals surface area contributed by atoms with Crippen LogP contribution in [0.5, 0.6) is 0 Å². The van der Waals surface area contributed by atoms with Crippen LogP contribution in [0.2, 0.25) is 0 Å². The molecular formula is C58H74BBrF2N4O6Pd. The molecule has 2 aromatic carbocycles. The smallest absolute Gasteiger partial charge is 0.444 e. The number of amides is 2. The Bertz CT molecular complexity index is 2650. The van der Waals surface area contributed by atoms with Crippen molar-refractivity contribution in [2.75, 3.05) is 0 Å². The number of ether oxygens (including phenoxy) is 2. The summed E-state index contributed by atoms with van der Waals surface area (Å²) in [5.41, 5.74) is 11.2. The van der Waals surface area contributed by atoms with Crippen molar-refractivity contribution in [2.24, 2.45) is 0 Å². The summed E-state index contributed by atoms with van der Waals surface area (Å²) in [6, 6.07) is 6.90. The molecule has 0 unspecified atom stereocenters. The maximum absolute atomic E-state index is 15.4. The van der Waals surface area contributed by atoms with Crippen LogP contribution >= 0.6 is 15.9 Å². The molecule has 1 fully saturated rings. The molecule has 1 saturated heterocycles. The van der Waals surface area contributed by atoms with Gasteiger partial charge in [-0.1, -0.05) is 36.1 Å². The van der Waals surface area contributed by atoms with Gasteiger partial charge in [-0.25, -0.2) is 18.4 Å². The van der Waals surface area contributed by atoms with Gasteiger partial charge in [0.15, 0.2) is 0 Å². The first kappa shape index (κ1) is 58.2. The van der Waals surface area contributed by atoms with Gasteiger partial charge in [0, 0.05) is 26.0 Å². The molecule has 0 bridgehead atoms. The average molecular weight is 1160 g/mol. The molecule has 0 radical (unpaired) electrons. The summed E-state index contributed by atoms with van der Waals surface area (Å²) in [5, 5.41) is 24.6. The molecular weight excluding hydrogens is 1080 g/mol. The zero-order chi connectivity index (χ0) is 52.3. The topological polar surface area (TPSA) is 143 Å². The van der Waals surface area contributed by atoms with Crippen molar-refractivity contribution in [3.05, 3.63) is 96.0 Å². The van der Waals surface area contributed by atoms with E-state index in [1.807, 2.05) is 75.3 Å². The summed E-state index contributed by atoms with van der Waals surface area (Å²) in [5.74, 6) is -0.638. The number of allylic oxidation sites excluding steroid dienone is 6. The van der Waals surface area contributed by atoms with Gasteiger partial charge in [-0.05, 0) is 244 Å². The molecule has 7 aliphatic rings. The molecule has 73 heavy (non-hydrogen) atoms. The van der Waals surface area contributed by atoms with E-state index in [2.05, 4.69) is 44.8 Å². The molecule has 1 aliphatic heterocycles. The van der Waals surface area contributed by atoms with E-state index in [9.17, 15) is 19.2 Å². The first-order chi connectivity index (χ1) is 33.9. The van der Waals surface area contributed by atoms with Crippen LogP contribution in [-0.4, -0.2) is 53.8 Å². The van der Waals surface area contributed by atoms with Crippen molar-refractivity contribution in [1.29, 1.82) is 10.5 Å². The third-order valence-corrected chi connectivity index (χ3v) is 15.8. The van der Waals surface area contributed by atoms with E-state index in [1.54, 1.807) is 0 Å². The minimum atomic E-state index is -0.562. The molecule has 2 atom stereocenters. The van der Waals surface area contributed by atoms with Crippen molar-refractivity contribution < 1.29 is 57.6 Å². The molecule has 0 aromatic heterocycles. The SMILES string of the molecule is CC(C)(C)OC(=O)N[C@@H]1C=C(B2OC(C)(C)C(C)(C)O2)CCC1.CC(C)(C)OC(=O)N[C@@H]1C=C(c2c(F)cc(C#N)c3c2C2=C(CCCCC2)C3)CCC1.N#Cc1cc(F)c(Br)c2c1CC1=C2CCCCC1.[Pd]. The number of nitriles is 2. The Balaban J connectivity index is 0.000000184. The average Bonchev–Trinajstić information content (AvgIpc) is 3.73. The number of nitrogens with zero attached hydrogens (tertiary/aromatic N) is 2. The number of halogens is 3. The van der Waals surface area contributed by atoms with E-state index in [0.29, 0.717) is 21.2 Å². The van der Waals surface area contributed by atoms with Gasteiger partial charge in [-0.3, -0.25) is 0 Å². The standard InChI is InChI=1S/C26H31FN2O2.C17H30BNO4.C15H13BrFN.Pd/c1-26(2,3)31-25(30)29-19-10-7-9-17(12-19)23-22(27)14-18(15-28)21-13-16-8-5-4-6-11-20(16)24(21)23;1-15(2,3)21-14(20)19-13-10-8-9-12(11-13)18-22-16(4,5)17(6,7)23-18;16-15-13(17)7-10(8-18)12-6-9-4-2-1-3-5-11(9)14(12)15;/h12,14,19H,4-11,13H2,1-3H3,(H,29,30);11,13H,8-10H2,1-7H3,(H,19,20);7H,1-6H2;/t19-;13-;;/m00../s1. The van der Waals surface area contributed by atoms with Crippen LogP contribution in [0.4, 0.5) is 18.4 Å². The quantitative estimate of drug-likeness (QED) is 0.288. The molecule has 1 heterocycles. The molecule has 2 amide bonds. The minimum absolute atomic E-state index is 0. The number of carbonyl (C=O) groups is 2. The molecule has 2 N–H and O–H groups in total. The number of fused-ring (bicyclic) bond motifs is 4. The van der Waals surface area contributed by atoms with Crippen LogP contribution < -0.4 is 10.6 Å². The van der Waals surface area contributed by atoms with Crippen molar-refractivity contribution in [2.45, 2.75) is 219 Å². The third kappa shape index (κ3) is 14.0. The van der Waals surface area contributed by atoms with Crippen molar-refractivity contribution >= 4 is 52.0 Å². The molecule has 10 nitrogen and oxygen atoms in total. The molecule has 9 rings (SSSR count). The maximum Gasteiger partial charge on any atom is 0.490 e. The fourth-order valence-corrected chi connectivity index (χ4v) is 11.6. The van der Waals surface area contributed by atoms with Gasteiger partial charge in [-0.15, -0.1) is 0 Å². The predicted molar refractivity (Wildman–Crippen MR) is 284 cm³/mol. The number of rotatable bonds is 4. The zero-order valence-electron chi connectivity index (χ0n) is 44.6. The van der Waals surface area contributed by atoms with Crippen LogP contribution in [0.15, 0.2) is 45.4 Å². The van der Waals surface area contributed by atoms with Gasteiger partial charge >= 0.3 is 19.3 Å². The molecule has 6 aliphatic carbocycles. The second kappa shape index (κ2) is 23.8. The Morgan fingerprint density at radius 1 is 0.658 bits per heavy atom. The maximum atomic E-state index is 15.4. The van der Waals surface area contributed by atoms with E-state index >= 15 is 4.39 Å². The van der Waals surface area contributed by atoms with Crippen LogP contribution in [0.1, 0.15) is 211 Å². The third-order valence-electron chi connectivity index (χ3n) is 15.0. The Morgan fingerprint density at radius 3 is 1.62 bits per heavy atom. The molecule has 15 heteroatoms. The Hall–Kier alpha value is -4.09. The normalized spacial score (nSPS) is 21.7. The van der Waals surface area contributed by atoms with Gasteiger partial charge in [0.25, 0.3) is 0 Å². The van der Waals surface area contributed by atoms with E-state index < -0.39 is 17.3 Å². The largest absolute Gasteiger partial charge is 0.490 e. The Labute approximate surface area is 455 Å². The second-order valence-electron chi connectivity index (χ2n) is 23.4. The van der Waals surface area contributed by atoms with Crippen molar-refractivity contribution in [3.63, 3.8) is 0 Å². The summed E-state index contributed by atoms with van der Waals surface area (Å²) in [7, 11) is -0.330. The van der Waals surface area contributed by atoms with Gasteiger partial charge in [0.1, 0.15) is 22.8 Å². The van der Waals surface area contributed by atoms with E-state index in [0.717, 1.165) is 123 Å². The molecule has 0 saturated carbocycles. The summed E-state index contributed by atoms with van der Waals surface area (Å²) in [6.07, 6.45) is 21.3. The summed E-state index contributed by atoms with van der Waals surface area (Å²) < 4.78 is 52.8. The second-order valence-corrected chi connectivity index (χ2v) is 24.2. The predicted octanol–water partition coefficient (Wildman–Crippen LogP) is 14.8. The zero-order valence-corrected chi connectivity index (χ0v) is 47.7. The number of alkyl carbamates (subject to hydrolysis) is 2. The Morgan fingerprint density at radius 2 is 1.11 bits per heavy atom. The minimum Gasteiger partial charge on any atom is -0.444 e. The van der Waals surface area contributed by atoms with Crippen molar-refractivity contribution in [1.82, 2.24) is 10.6 Å². The van der Waals surface area contributed by atoms with Crippen LogP contribution in [0.25, 0.3) is 16.7 Å². The van der Waals surface area contributed by atoms with Gasteiger partial charge in [0.05, 0.1) is 51.0 Å².